The van der Waals surface area contributed by atoms with E-state index in [0.717, 1.165) is 16.3 Å². The molecule has 0 saturated carbocycles. The standard InChI is InChI=1S/C20H20N2O3S.ClH/c1-4-25-16-11-10-14(12-17(16)24-3)20-21-13(2)18(26-20)19(23)22-15-8-6-5-7-9-15;/h5-12H,4H2,1-3H3,(H,22,23);1H. The fraction of sp³-hybridized carbons (Fsp3) is 0.200. The maximum atomic E-state index is 12.6. The van der Waals surface area contributed by atoms with E-state index in [1.165, 1.54) is 11.3 Å². The van der Waals surface area contributed by atoms with Gasteiger partial charge in [0, 0.05) is 11.3 Å². The van der Waals surface area contributed by atoms with Crippen molar-refractivity contribution in [3.8, 4) is 22.1 Å². The number of para-hydroxylation sites is 1. The predicted octanol–water partition coefficient (Wildman–Crippen LogP) is 5.20. The summed E-state index contributed by atoms with van der Waals surface area (Å²) in [5, 5.41) is 3.66. The second-order valence-electron chi connectivity index (χ2n) is 5.55. The third kappa shape index (κ3) is 4.78. The van der Waals surface area contributed by atoms with E-state index in [0.29, 0.717) is 28.7 Å². The summed E-state index contributed by atoms with van der Waals surface area (Å²) in [5.41, 5.74) is 2.35. The summed E-state index contributed by atoms with van der Waals surface area (Å²) in [6, 6.07) is 15.0. The van der Waals surface area contributed by atoms with E-state index >= 15 is 0 Å². The monoisotopic (exact) mass is 404 g/mol. The molecule has 142 valence electrons. The molecule has 0 radical (unpaired) electrons. The van der Waals surface area contributed by atoms with Crippen molar-refractivity contribution in [1.29, 1.82) is 0 Å². The van der Waals surface area contributed by atoms with Gasteiger partial charge in [0.2, 0.25) is 0 Å². The molecule has 0 spiro atoms. The van der Waals surface area contributed by atoms with Crippen LogP contribution in [0.4, 0.5) is 5.69 Å². The molecule has 0 fully saturated rings. The Morgan fingerprint density at radius 3 is 2.56 bits per heavy atom. The number of rotatable bonds is 6. The molecule has 1 heterocycles. The van der Waals surface area contributed by atoms with E-state index in [4.69, 9.17) is 9.47 Å². The molecule has 0 saturated heterocycles. The van der Waals surface area contributed by atoms with Gasteiger partial charge in [-0.3, -0.25) is 4.79 Å². The molecule has 3 rings (SSSR count). The van der Waals surface area contributed by atoms with E-state index in [1.54, 1.807) is 7.11 Å². The number of ether oxygens (including phenoxy) is 2. The molecule has 0 aliphatic heterocycles. The van der Waals surface area contributed by atoms with Crippen LogP contribution in [0, 0.1) is 6.92 Å². The Morgan fingerprint density at radius 1 is 1.15 bits per heavy atom. The van der Waals surface area contributed by atoms with Gasteiger partial charge < -0.3 is 14.8 Å². The number of aromatic nitrogens is 1. The number of nitrogens with one attached hydrogen (secondary N) is 1. The lowest BCUT2D eigenvalue weighted by Gasteiger charge is -2.09. The van der Waals surface area contributed by atoms with Gasteiger partial charge in [-0.05, 0) is 44.2 Å². The molecule has 1 N–H and O–H groups in total. The van der Waals surface area contributed by atoms with Crippen LogP contribution in [0.25, 0.3) is 10.6 Å². The van der Waals surface area contributed by atoms with E-state index in [9.17, 15) is 4.79 Å². The van der Waals surface area contributed by atoms with Crippen molar-refractivity contribution in [2.45, 2.75) is 13.8 Å². The molecule has 1 amide bonds. The van der Waals surface area contributed by atoms with Crippen LogP contribution in [0.2, 0.25) is 0 Å². The van der Waals surface area contributed by atoms with Gasteiger partial charge >= 0.3 is 0 Å². The summed E-state index contributed by atoms with van der Waals surface area (Å²) in [5.74, 6) is 1.18. The number of hydrogen-bond donors (Lipinski definition) is 1. The fourth-order valence-corrected chi connectivity index (χ4v) is 3.47. The second-order valence-corrected chi connectivity index (χ2v) is 6.55. The largest absolute Gasteiger partial charge is 0.493 e. The van der Waals surface area contributed by atoms with Crippen LogP contribution >= 0.6 is 23.7 Å². The van der Waals surface area contributed by atoms with E-state index in [1.807, 2.05) is 62.4 Å². The van der Waals surface area contributed by atoms with Crippen LogP contribution in [0.3, 0.4) is 0 Å². The quantitative estimate of drug-likeness (QED) is 0.613. The Morgan fingerprint density at radius 2 is 1.89 bits per heavy atom. The third-order valence-electron chi connectivity index (χ3n) is 3.74. The van der Waals surface area contributed by atoms with Crippen LogP contribution < -0.4 is 14.8 Å². The number of methoxy groups -OCH3 is 1. The molecular formula is C20H21ClN2O3S. The Labute approximate surface area is 168 Å². The molecule has 0 aliphatic carbocycles. The molecule has 0 bridgehead atoms. The highest BCUT2D eigenvalue weighted by Gasteiger charge is 2.17. The van der Waals surface area contributed by atoms with Crippen molar-refractivity contribution in [2.75, 3.05) is 19.0 Å². The first-order valence-corrected chi connectivity index (χ1v) is 9.09. The lowest BCUT2D eigenvalue weighted by molar-refractivity contribution is 0.103. The number of amides is 1. The summed E-state index contributed by atoms with van der Waals surface area (Å²) in [6.45, 7) is 4.33. The lowest BCUT2D eigenvalue weighted by Crippen LogP contribution is -2.11. The van der Waals surface area contributed by atoms with E-state index < -0.39 is 0 Å². The normalized spacial score (nSPS) is 10.0. The highest BCUT2D eigenvalue weighted by Crippen LogP contribution is 2.35. The van der Waals surface area contributed by atoms with Crippen molar-refractivity contribution in [2.24, 2.45) is 0 Å². The summed E-state index contributed by atoms with van der Waals surface area (Å²) in [6.07, 6.45) is 0. The molecule has 0 aliphatic rings. The summed E-state index contributed by atoms with van der Waals surface area (Å²) in [7, 11) is 1.60. The topological polar surface area (TPSA) is 60.5 Å². The SMILES string of the molecule is CCOc1ccc(-c2nc(C)c(C(=O)Nc3ccccc3)s2)cc1OC.Cl. The van der Waals surface area contributed by atoms with Gasteiger partial charge in [-0.2, -0.15) is 0 Å². The first kappa shape index (κ1) is 20.7. The van der Waals surface area contributed by atoms with Gasteiger partial charge in [-0.1, -0.05) is 18.2 Å². The molecular weight excluding hydrogens is 384 g/mol. The number of aryl methyl sites for hydroxylation is 1. The summed E-state index contributed by atoms with van der Waals surface area (Å²) >= 11 is 1.36. The minimum Gasteiger partial charge on any atom is -0.493 e. The first-order chi connectivity index (χ1) is 12.6. The van der Waals surface area contributed by atoms with Crippen molar-refractivity contribution < 1.29 is 14.3 Å². The third-order valence-corrected chi connectivity index (χ3v) is 4.95. The van der Waals surface area contributed by atoms with Gasteiger partial charge in [-0.15, -0.1) is 23.7 Å². The van der Waals surface area contributed by atoms with Crippen LogP contribution in [0.5, 0.6) is 11.5 Å². The highest BCUT2D eigenvalue weighted by molar-refractivity contribution is 7.17. The van der Waals surface area contributed by atoms with Crippen LogP contribution in [0.15, 0.2) is 48.5 Å². The fourth-order valence-electron chi connectivity index (χ4n) is 2.52. The predicted molar refractivity (Wildman–Crippen MR) is 112 cm³/mol. The first-order valence-electron chi connectivity index (χ1n) is 8.27. The number of carbonyl (C=O) groups excluding carboxylic acids is 1. The van der Waals surface area contributed by atoms with E-state index in [-0.39, 0.29) is 18.3 Å². The zero-order chi connectivity index (χ0) is 18.5. The number of anilines is 1. The average molecular weight is 405 g/mol. The molecule has 1 aromatic heterocycles. The van der Waals surface area contributed by atoms with Gasteiger partial charge in [0.05, 0.1) is 19.4 Å². The van der Waals surface area contributed by atoms with Crippen molar-refractivity contribution >= 4 is 35.3 Å². The number of carbonyl (C=O) groups is 1. The molecule has 27 heavy (non-hydrogen) atoms. The maximum absolute atomic E-state index is 12.6. The van der Waals surface area contributed by atoms with Gasteiger partial charge in [0.15, 0.2) is 11.5 Å². The minimum atomic E-state index is -0.157. The minimum absolute atomic E-state index is 0. The molecule has 2 aromatic carbocycles. The molecule has 0 unspecified atom stereocenters. The molecule has 5 nitrogen and oxygen atoms in total. The van der Waals surface area contributed by atoms with Crippen LogP contribution in [-0.2, 0) is 0 Å². The van der Waals surface area contributed by atoms with Crippen molar-refractivity contribution in [3.63, 3.8) is 0 Å². The van der Waals surface area contributed by atoms with Gasteiger partial charge in [0.1, 0.15) is 9.88 Å². The number of nitrogens with zero attached hydrogens (tertiary/aromatic N) is 1. The second kappa shape index (κ2) is 9.39. The number of benzene rings is 2. The number of hydrogen-bond acceptors (Lipinski definition) is 5. The number of halogens is 1. The lowest BCUT2D eigenvalue weighted by atomic mass is 10.2. The Kier molecular flexibility index (Phi) is 7.21. The Hall–Kier alpha value is -2.57. The van der Waals surface area contributed by atoms with Crippen molar-refractivity contribution in [1.82, 2.24) is 4.98 Å². The molecule has 7 heteroatoms. The number of thiazole rings is 1. The highest BCUT2D eigenvalue weighted by atomic mass is 35.5. The average Bonchev–Trinajstić information content (AvgIpc) is 3.05. The maximum Gasteiger partial charge on any atom is 0.267 e. The van der Waals surface area contributed by atoms with Crippen LogP contribution in [-0.4, -0.2) is 24.6 Å². The molecule has 0 atom stereocenters. The molecule has 3 aromatic rings. The van der Waals surface area contributed by atoms with Crippen molar-refractivity contribution in [3.05, 3.63) is 59.1 Å². The Bertz CT molecular complexity index is 913. The summed E-state index contributed by atoms with van der Waals surface area (Å²) < 4.78 is 10.9. The van der Waals surface area contributed by atoms with Crippen LogP contribution in [0.1, 0.15) is 22.3 Å². The zero-order valence-corrected chi connectivity index (χ0v) is 16.9. The summed E-state index contributed by atoms with van der Waals surface area (Å²) in [4.78, 5) is 17.7. The smallest absolute Gasteiger partial charge is 0.267 e. The zero-order valence-electron chi connectivity index (χ0n) is 15.3. The van der Waals surface area contributed by atoms with Gasteiger partial charge in [0.25, 0.3) is 5.91 Å². The van der Waals surface area contributed by atoms with Gasteiger partial charge in [-0.25, -0.2) is 4.98 Å². The van der Waals surface area contributed by atoms with E-state index in [2.05, 4.69) is 10.3 Å². The Balaban J connectivity index is 0.00000261.